The van der Waals surface area contributed by atoms with E-state index in [1.807, 2.05) is 0 Å². The van der Waals surface area contributed by atoms with Crippen molar-refractivity contribution < 1.29 is 14.7 Å². The average molecular weight is 262 g/mol. The molecular formula is C10H12ClNO3S. The summed E-state index contributed by atoms with van der Waals surface area (Å²) in [5.41, 5.74) is 0. The SMILES string of the molecule is CCC(=O)NC(CC(=O)O)c1ccc(Cl)s1. The normalized spacial score (nSPS) is 12.1. The summed E-state index contributed by atoms with van der Waals surface area (Å²) >= 11 is 7.05. The summed E-state index contributed by atoms with van der Waals surface area (Å²) in [7, 11) is 0. The molecule has 16 heavy (non-hydrogen) atoms. The van der Waals surface area contributed by atoms with Gasteiger partial charge in [0.05, 0.1) is 16.8 Å². The highest BCUT2D eigenvalue weighted by Gasteiger charge is 2.18. The average Bonchev–Trinajstić information content (AvgIpc) is 2.63. The third-order valence-electron chi connectivity index (χ3n) is 1.97. The van der Waals surface area contributed by atoms with Crippen LogP contribution in [-0.4, -0.2) is 17.0 Å². The van der Waals surface area contributed by atoms with E-state index < -0.39 is 12.0 Å². The number of nitrogens with one attached hydrogen (secondary N) is 1. The first-order valence-electron chi connectivity index (χ1n) is 4.79. The van der Waals surface area contributed by atoms with Gasteiger partial charge in [0.1, 0.15) is 0 Å². The van der Waals surface area contributed by atoms with Crippen molar-refractivity contribution in [3.8, 4) is 0 Å². The summed E-state index contributed by atoms with van der Waals surface area (Å²) in [5.74, 6) is -1.12. The molecule has 0 fully saturated rings. The Morgan fingerprint density at radius 2 is 2.25 bits per heavy atom. The first kappa shape index (κ1) is 13.0. The number of hydrogen-bond donors (Lipinski definition) is 2. The molecule has 1 atom stereocenters. The molecule has 0 aliphatic carbocycles. The number of carboxylic acids is 1. The van der Waals surface area contributed by atoms with E-state index in [9.17, 15) is 9.59 Å². The van der Waals surface area contributed by atoms with Crippen molar-refractivity contribution in [3.63, 3.8) is 0 Å². The highest BCUT2D eigenvalue weighted by Crippen LogP contribution is 2.28. The standard InChI is InChI=1S/C10H12ClNO3S/c1-2-9(13)12-6(5-10(14)15)7-3-4-8(11)16-7/h3-4,6H,2,5H2,1H3,(H,12,13)(H,14,15). The van der Waals surface area contributed by atoms with Crippen molar-refractivity contribution in [2.24, 2.45) is 0 Å². The lowest BCUT2D eigenvalue weighted by Crippen LogP contribution is -2.28. The van der Waals surface area contributed by atoms with Gasteiger partial charge in [0, 0.05) is 11.3 Å². The Hall–Kier alpha value is -1.07. The van der Waals surface area contributed by atoms with Gasteiger partial charge in [-0.2, -0.15) is 0 Å². The van der Waals surface area contributed by atoms with E-state index in [0.29, 0.717) is 10.8 Å². The van der Waals surface area contributed by atoms with Gasteiger partial charge >= 0.3 is 5.97 Å². The van der Waals surface area contributed by atoms with Gasteiger partial charge < -0.3 is 10.4 Å². The zero-order valence-corrected chi connectivity index (χ0v) is 10.3. The van der Waals surface area contributed by atoms with Gasteiger partial charge in [-0.05, 0) is 12.1 Å². The predicted molar refractivity (Wildman–Crippen MR) is 62.8 cm³/mol. The molecule has 0 aliphatic rings. The van der Waals surface area contributed by atoms with Crippen LogP contribution in [0, 0.1) is 0 Å². The number of carbonyl (C=O) groups is 2. The summed E-state index contributed by atoms with van der Waals surface area (Å²) in [6.07, 6.45) is 0.192. The van der Waals surface area contributed by atoms with Crippen molar-refractivity contribution in [2.45, 2.75) is 25.8 Å². The minimum atomic E-state index is -0.953. The van der Waals surface area contributed by atoms with Crippen LogP contribution < -0.4 is 5.32 Å². The molecule has 1 rings (SSSR count). The number of hydrogen-bond acceptors (Lipinski definition) is 3. The maximum Gasteiger partial charge on any atom is 0.305 e. The van der Waals surface area contributed by atoms with Crippen LogP contribution in [0.1, 0.15) is 30.7 Å². The molecule has 1 amide bonds. The fourth-order valence-corrected chi connectivity index (χ4v) is 2.32. The van der Waals surface area contributed by atoms with Gasteiger partial charge in [-0.15, -0.1) is 11.3 Å². The van der Waals surface area contributed by atoms with Crippen LogP contribution in [0.25, 0.3) is 0 Å². The topological polar surface area (TPSA) is 66.4 Å². The molecule has 0 radical (unpaired) electrons. The van der Waals surface area contributed by atoms with E-state index in [2.05, 4.69) is 5.32 Å². The summed E-state index contributed by atoms with van der Waals surface area (Å²) in [6.45, 7) is 1.72. The number of rotatable bonds is 5. The molecule has 0 bridgehead atoms. The van der Waals surface area contributed by atoms with Crippen molar-refractivity contribution in [2.75, 3.05) is 0 Å². The van der Waals surface area contributed by atoms with Crippen LogP contribution in [-0.2, 0) is 9.59 Å². The number of carbonyl (C=O) groups excluding carboxylic acids is 1. The highest BCUT2D eigenvalue weighted by molar-refractivity contribution is 7.16. The molecule has 0 spiro atoms. The van der Waals surface area contributed by atoms with E-state index in [0.717, 1.165) is 4.88 Å². The second kappa shape index (κ2) is 5.86. The summed E-state index contributed by atoms with van der Waals surface area (Å²) in [6, 6.07) is 2.92. The van der Waals surface area contributed by atoms with Crippen LogP contribution in [0.3, 0.4) is 0 Å². The molecule has 6 heteroatoms. The number of thiophene rings is 1. The van der Waals surface area contributed by atoms with Crippen molar-refractivity contribution >= 4 is 34.8 Å². The van der Waals surface area contributed by atoms with Crippen LogP contribution in [0.4, 0.5) is 0 Å². The minimum absolute atomic E-state index is 0.136. The second-order valence-electron chi connectivity index (χ2n) is 3.21. The Bertz CT molecular complexity index is 391. The van der Waals surface area contributed by atoms with Gasteiger partial charge in [-0.1, -0.05) is 18.5 Å². The third-order valence-corrected chi connectivity index (χ3v) is 3.32. The lowest BCUT2D eigenvalue weighted by atomic mass is 10.1. The Morgan fingerprint density at radius 3 is 2.69 bits per heavy atom. The molecule has 0 aromatic carbocycles. The fourth-order valence-electron chi connectivity index (χ4n) is 1.21. The molecule has 0 saturated carbocycles. The molecule has 88 valence electrons. The van der Waals surface area contributed by atoms with Gasteiger partial charge in [-0.25, -0.2) is 0 Å². The Balaban J connectivity index is 2.78. The van der Waals surface area contributed by atoms with Gasteiger partial charge in [-0.3, -0.25) is 9.59 Å². The zero-order valence-electron chi connectivity index (χ0n) is 8.70. The minimum Gasteiger partial charge on any atom is -0.481 e. The molecule has 1 unspecified atom stereocenters. The van der Waals surface area contributed by atoms with Gasteiger partial charge in [0.2, 0.25) is 5.91 Å². The second-order valence-corrected chi connectivity index (χ2v) is 4.96. The molecule has 1 aromatic heterocycles. The molecule has 1 aromatic rings. The lowest BCUT2D eigenvalue weighted by molar-refractivity contribution is -0.137. The molecule has 0 aliphatic heterocycles. The number of halogens is 1. The quantitative estimate of drug-likeness (QED) is 0.856. The smallest absolute Gasteiger partial charge is 0.305 e. The van der Waals surface area contributed by atoms with Crippen molar-refractivity contribution in [3.05, 3.63) is 21.3 Å². The monoisotopic (exact) mass is 261 g/mol. The number of amides is 1. The van der Waals surface area contributed by atoms with Crippen molar-refractivity contribution in [1.82, 2.24) is 5.32 Å². The number of aliphatic carboxylic acids is 1. The maximum absolute atomic E-state index is 11.3. The van der Waals surface area contributed by atoms with Crippen molar-refractivity contribution in [1.29, 1.82) is 0 Å². The summed E-state index contributed by atoms with van der Waals surface area (Å²) in [5, 5.41) is 11.4. The lowest BCUT2D eigenvalue weighted by Gasteiger charge is -2.14. The summed E-state index contributed by atoms with van der Waals surface area (Å²) < 4.78 is 0.580. The van der Waals surface area contributed by atoms with E-state index in [-0.39, 0.29) is 12.3 Å². The molecule has 4 nitrogen and oxygen atoms in total. The van der Waals surface area contributed by atoms with E-state index in [1.54, 1.807) is 19.1 Å². The maximum atomic E-state index is 11.3. The third kappa shape index (κ3) is 3.83. The first-order chi connectivity index (χ1) is 7.52. The predicted octanol–water partition coefficient (Wildman–Crippen LogP) is 2.44. The van der Waals surface area contributed by atoms with E-state index in [1.165, 1.54) is 11.3 Å². The largest absolute Gasteiger partial charge is 0.481 e. The van der Waals surface area contributed by atoms with E-state index >= 15 is 0 Å². The molecule has 1 heterocycles. The fraction of sp³-hybridized carbons (Fsp3) is 0.400. The van der Waals surface area contributed by atoms with Crippen LogP contribution in [0.15, 0.2) is 12.1 Å². The zero-order chi connectivity index (χ0) is 12.1. The van der Waals surface area contributed by atoms with Crippen LogP contribution in [0.5, 0.6) is 0 Å². The highest BCUT2D eigenvalue weighted by atomic mass is 35.5. The molecule has 2 N–H and O–H groups in total. The Labute approximate surface area is 102 Å². The van der Waals surface area contributed by atoms with Crippen LogP contribution >= 0.6 is 22.9 Å². The summed E-state index contributed by atoms with van der Waals surface area (Å²) in [4.78, 5) is 22.7. The Kier molecular flexibility index (Phi) is 4.76. The number of carboxylic acid groups (broad SMARTS) is 1. The molecule has 0 saturated heterocycles. The van der Waals surface area contributed by atoms with Gasteiger partial charge in [0.15, 0.2) is 0 Å². The van der Waals surface area contributed by atoms with Crippen LogP contribution in [0.2, 0.25) is 4.34 Å². The van der Waals surface area contributed by atoms with Gasteiger partial charge in [0.25, 0.3) is 0 Å². The molecular weight excluding hydrogens is 250 g/mol. The Morgan fingerprint density at radius 1 is 1.56 bits per heavy atom. The first-order valence-corrected chi connectivity index (χ1v) is 5.98. The van der Waals surface area contributed by atoms with E-state index in [4.69, 9.17) is 16.7 Å².